The van der Waals surface area contributed by atoms with Crippen molar-refractivity contribution in [3.05, 3.63) is 158 Å². The Morgan fingerprint density at radius 2 is 1.13 bits per heavy atom. The van der Waals surface area contributed by atoms with Gasteiger partial charge in [0.25, 0.3) is 17.7 Å². The van der Waals surface area contributed by atoms with Crippen LogP contribution < -0.4 is 4.90 Å². The van der Waals surface area contributed by atoms with E-state index in [1.807, 2.05) is 39.0 Å². The first-order chi connectivity index (χ1) is 25.3. The third kappa shape index (κ3) is 6.82. The lowest BCUT2D eigenvalue weighted by molar-refractivity contribution is -0.119. The van der Waals surface area contributed by atoms with Crippen LogP contribution in [0.4, 0.5) is 5.69 Å². The third-order valence-electron chi connectivity index (χ3n) is 10.6. The van der Waals surface area contributed by atoms with Crippen molar-refractivity contribution >= 4 is 29.8 Å². The predicted molar refractivity (Wildman–Crippen MR) is 218 cm³/mol. The van der Waals surface area contributed by atoms with E-state index in [-0.39, 0.29) is 23.1 Å². The zero-order chi connectivity index (χ0) is 39.4. The Kier molecular flexibility index (Phi) is 9.87. The minimum absolute atomic E-state index is 0.0180. The summed E-state index contributed by atoms with van der Waals surface area (Å²) >= 11 is 0. The second-order valence-electron chi connectivity index (χ2n) is 16.8. The van der Waals surface area contributed by atoms with Gasteiger partial charge < -0.3 is 0 Å². The fourth-order valence-electron chi connectivity index (χ4n) is 8.37. The molecule has 1 unspecified atom stereocenters. The lowest BCUT2D eigenvalue weighted by Crippen LogP contribution is -2.44. The van der Waals surface area contributed by atoms with Crippen LogP contribution in [0.15, 0.2) is 91.0 Å². The van der Waals surface area contributed by atoms with Gasteiger partial charge in [-0.3, -0.25) is 24.1 Å². The van der Waals surface area contributed by atoms with Crippen molar-refractivity contribution in [2.75, 3.05) is 4.90 Å². The van der Waals surface area contributed by atoms with E-state index in [2.05, 4.69) is 83.1 Å². The van der Waals surface area contributed by atoms with Crippen LogP contribution in [0.1, 0.15) is 129 Å². The summed E-state index contributed by atoms with van der Waals surface area (Å²) in [7, 11) is 0. The molecule has 54 heavy (non-hydrogen) atoms. The predicted octanol–water partition coefficient (Wildman–Crippen LogP) is 10.6. The Bertz CT molecular complexity index is 2290. The molecule has 6 nitrogen and oxygen atoms in total. The smallest absolute Gasteiger partial charge is 0.266 e. The fourth-order valence-corrected chi connectivity index (χ4v) is 8.37. The van der Waals surface area contributed by atoms with E-state index in [0.717, 1.165) is 27.8 Å². The van der Waals surface area contributed by atoms with Crippen LogP contribution in [-0.2, 0) is 10.2 Å². The van der Waals surface area contributed by atoms with Crippen molar-refractivity contribution in [1.82, 2.24) is 4.90 Å². The molecule has 0 bridgehead atoms. The van der Waals surface area contributed by atoms with Gasteiger partial charge in [0, 0.05) is 17.0 Å². The Labute approximate surface area is 319 Å². The molecule has 0 saturated carbocycles. The van der Waals surface area contributed by atoms with Gasteiger partial charge in [-0.25, -0.2) is 4.90 Å². The highest BCUT2D eigenvalue weighted by Gasteiger charge is 2.39. The van der Waals surface area contributed by atoms with Crippen molar-refractivity contribution in [1.29, 1.82) is 0 Å². The van der Waals surface area contributed by atoms with E-state index in [1.165, 1.54) is 32.1 Å². The first-order valence-electron chi connectivity index (χ1n) is 18.5. The van der Waals surface area contributed by atoms with Crippen LogP contribution in [0.5, 0.6) is 0 Å². The van der Waals surface area contributed by atoms with E-state index in [0.29, 0.717) is 39.9 Å². The third-order valence-corrected chi connectivity index (χ3v) is 10.6. The van der Waals surface area contributed by atoms with E-state index in [9.17, 15) is 19.2 Å². The number of hydrogen-bond acceptors (Lipinski definition) is 4. The highest BCUT2D eigenvalue weighted by molar-refractivity contribution is 6.35. The molecular formula is C48H50N2O4. The average Bonchev–Trinajstić information content (AvgIpc) is 3.32. The summed E-state index contributed by atoms with van der Waals surface area (Å²) in [5.74, 6) is -1.20. The van der Waals surface area contributed by atoms with Gasteiger partial charge in [-0.05, 0) is 140 Å². The summed E-state index contributed by atoms with van der Waals surface area (Å²) in [6.45, 7) is 22.3. The van der Waals surface area contributed by atoms with Crippen molar-refractivity contribution in [2.24, 2.45) is 0 Å². The van der Waals surface area contributed by atoms with Gasteiger partial charge in [0.1, 0.15) is 0 Å². The molecule has 1 atom stereocenters. The monoisotopic (exact) mass is 718 g/mol. The summed E-state index contributed by atoms with van der Waals surface area (Å²) in [6.07, 6.45) is 0.563. The summed E-state index contributed by atoms with van der Waals surface area (Å²) in [4.78, 5) is 56.1. The Balaban J connectivity index is 1.38. The quantitative estimate of drug-likeness (QED) is 0.0954. The van der Waals surface area contributed by atoms with Gasteiger partial charge in [-0.15, -0.1) is 0 Å². The number of aryl methyl sites for hydroxylation is 5. The molecule has 0 aliphatic carbocycles. The molecule has 1 heterocycles. The molecule has 0 fully saturated rings. The average molecular weight is 719 g/mol. The lowest BCUT2D eigenvalue weighted by Gasteiger charge is -2.30. The van der Waals surface area contributed by atoms with Crippen LogP contribution >= 0.6 is 0 Å². The molecular weight excluding hydrogens is 669 g/mol. The topological polar surface area (TPSA) is 74.8 Å². The van der Waals surface area contributed by atoms with E-state index < -0.39 is 11.4 Å². The summed E-state index contributed by atoms with van der Waals surface area (Å²) in [6, 6.07) is 30.0. The molecule has 0 saturated heterocycles. The molecule has 0 aromatic heterocycles. The zero-order valence-electron chi connectivity index (χ0n) is 33.3. The second-order valence-corrected chi connectivity index (χ2v) is 16.8. The van der Waals surface area contributed by atoms with E-state index >= 15 is 0 Å². The minimum Gasteiger partial charge on any atom is -0.278 e. The number of imide groups is 2. The van der Waals surface area contributed by atoms with Crippen LogP contribution in [0.3, 0.4) is 0 Å². The van der Waals surface area contributed by atoms with Gasteiger partial charge in [-0.2, -0.15) is 0 Å². The standard InChI is InChI=1S/C48H50N2O4/c1-28-17-18-34(25-39(28)44(52)49(27-51)48(9,10)11)35-19-20-38-40(26-35)46(54)50(45(38)53)43-31(4)23-37(24-32(43)5)41(33-15-13-12-14-16-33)36-21-29(2)42(30(3)22-36)47(6,7)8/h12-27,41H,1-11H3. The number of carbonyl (C=O) groups excluding carboxylic acids is 4. The largest absolute Gasteiger partial charge is 0.278 e. The minimum atomic E-state index is -0.697. The fraction of sp³-hybridized carbons (Fsp3) is 0.292. The summed E-state index contributed by atoms with van der Waals surface area (Å²) < 4.78 is 0. The first kappa shape index (κ1) is 38.1. The number of nitrogens with zero attached hydrogens (tertiary/aromatic N) is 2. The van der Waals surface area contributed by atoms with Crippen LogP contribution in [-0.4, -0.2) is 34.6 Å². The maximum atomic E-state index is 14.2. The number of amides is 4. The van der Waals surface area contributed by atoms with Crippen LogP contribution in [0.2, 0.25) is 0 Å². The van der Waals surface area contributed by atoms with Gasteiger partial charge in [-0.1, -0.05) is 93.6 Å². The number of rotatable bonds is 7. The SMILES string of the molecule is Cc1ccc(-c2ccc3c(c2)C(=O)N(c2c(C)cc(C(c4ccccc4)c4cc(C)c(C(C)(C)C)c(C)c4)cc2C)C3=O)cc1C(=O)N(C=O)C(C)(C)C. The zero-order valence-corrected chi connectivity index (χ0v) is 33.3. The molecule has 0 N–H and O–H groups in total. The van der Waals surface area contributed by atoms with Gasteiger partial charge in [0.2, 0.25) is 6.41 Å². The molecule has 276 valence electrons. The normalized spacial score (nSPS) is 13.6. The maximum absolute atomic E-state index is 14.2. The maximum Gasteiger partial charge on any atom is 0.266 e. The molecule has 4 amide bonds. The molecule has 5 aromatic rings. The Morgan fingerprint density at radius 1 is 0.611 bits per heavy atom. The van der Waals surface area contributed by atoms with Crippen molar-refractivity contribution in [2.45, 2.75) is 93.0 Å². The number of carbonyl (C=O) groups is 4. The molecule has 0 spiro atoms. The van der Waals surface area contributed by atoms with Crippen molar-refractivity contribution < 1.29 is 19.2 Å². The molecule has 5 aromatic carbocycles. The Hall–Kier alpha value is -5.62. The van der Waals surface area contributed by atoms with Crippen molar-refractivity contribution in [3.63, 3.8) is 0 Å². The molecule has 1 aliphatic heterocycles. The van der Waals surface area contributed by atoms with Crippen LogP contribution in [0, 0.1) is 34.6 Å². The summed E-state index contributed by atoms with van der Waals surface area (Å²) in [5, 5.41) is 0. The highest BCUT2D eigenvalue weighted by Crippen LogP contribution is 2.41. The highest BCUT2D eigenvalue weighted by atomic mass is 16.2. The number of benzene rings is 5. The second kappa shape index (κ2) is 14.0. The lowest BCUT2D eigenvalue weighted by atomic mass is 9.77. The molecule has 1 aliphatic rings. The van der Waals surface area contributed by atoms with Crippen LogP contribution in [0.25, 0.3) is 11.1 Å². The summed E-state index contributed by atoms with van der Waals surface area (Å²) in [5.41, 5.74) is 12.1. The van der Waals surface area contributed by atoms with Gasteiger partial charge in [0.15, 0.2) is 0 Å². The first-order valence-corrected chi connectivity index (χ1v) is 18.5. The molecule has 6 rings (SSSR count). The van der Waals surface area contributed by atoms with Crippen molar-refractivity contribution in [3.8, 4) is 11.1 Å². The molecule has 6 heteroatoms. The van der Waals surface area contributed by atoms with Gasteiger partial charge >= 0.3 is 0 Å². The number of hydrogen-bond donors (Lipinski definition) is 0. The van der Waals surface area contributed by atoms with E-state index in [4.69, 9.17) is 0 Å². The number of fused-ring (bicyclic) bond motifs is 1. The Morgan fingerprint density at radius 3 is 1.67 bits per heavy atom. The van der Waals surface area contributed by atoms with E-state index in [1.54, 1.807) is 45.0 Å². The number of anilines is 1. The molecule has 0 radical (unpaired) electrons. The van der Waals surface area contributed by atoms with Gasteiger partial charge in [0.05, 0.1) is 16.8 Å².